The summed E-state index contributed by atoms with van der Waals surface area (Å²) in [5.74, 6) is 0.565. The zero-order valence-corrected chi connectivity index (χ0v) is 13.7. The van der Waals surface area contributed by atoms with Gasteiger partial charge in [0, 0.05) is 17.5 Å². The number of nitrogens with zero attached hydrogens (tertiary/aromatic N) is 1. The van der Waals surface area contributed by atoms with Gasteiger partial charge in [-0.1, -0.05) is 29.8 Å². The lowest BCUT2D eigenvalue weighted by Gasteiger charge is -2.08. The van der Waals surface area contributed by atoms with E-state index in [-0.39, 0.29) is 5.91 Å². The zero-order valence-electron chi connectivity index (χ0n) is 12.1. The first-order chi connectivity index (χ1) is 10.7. The Kier molecular flexibility index (Phi) is 5.08. The van der Waals surface area contributed by atoms with Crippen LogP contribution < -0.4 is 10.6 Å². The lowest BCUT2D eigenvalue weighted by atomic mass is 10.1. The lowest BCUT2D eigenvalue weighted by molar-refractivity contribution is 0.0947. The molecule has 1 saturated heterocycles. The zero-order chi connectivity index (χ0) is 15.4. The van der Waals surface area contributed by atoms with E-state index in [1.807, 2.05) is 24.3 Å². The van der Waals surface area contributed by atoms with Crippen LogP contribution in [-0.4, -0.2) is 30.5 Å². The molecule has 0 saturated carbocycles. The monoisotopic (exact) mass is 335 g/mol. The van der Waals surface area contributed by atoms with Crippen molar-refractivity contribution in [2.24, 2.45) is 5.92 Å². The maximum Gasteiger partial charge on any atom is 0.270 e. The summed E-state index contributed by atoms with van der Waals surface area (Å²) in [5.41, 5.74) is 1.33. The van der Waals surface area contributed by atoms with E-state index in [0.717, 1.165) is 30.1 Å². The topological polar surface area (TPSA) is 54.0 Å². The van der Waals surface area contributed by atoms with E-state index >= 15 is 0 Å². The van der Waals surface area contributed by atoms with Gasteiger partial charge in [-0.3, -0.25) is 4.79 Å². The van der Waals surface area contributed by atoms with E-state index < -0.39 is 0 Å². The maximum absolute atomic E-state index is 12.1. The van der Waals surface area contributed by atoms with Crippen molar-refractivity contribution in [2.75, 3.05) is 19.6 Å². The quantitative estimate of drug-likeness (QED) is 0.882. The maximum atomic E-state index is 12.1. The Balaban J connectivity index is 1.58. The predicted octanol–water partition coefficient (Wildman–Crippen LogP) is 3.19. The van der Waals surface area contributed by atoms with Crippen LogP contribution in [0.3, 0.4) is 0 Å². The molecule has 1 fully saturated rings. The molecule has 6 heteroatoms. The molecule has 2 heterocycles. The summed E-state index contributed by atoms with van der Waals surface area (Å²) in [5, 5.41) is 9.49. The van der Waals surface area contributed by atoms with Crippen molar-refractivity contribution in [3.63, 3.8) is 0 Å². The number of halogens is 1. The molecule has 0 radical (unpaired) electrons. The van der Waals surface area contributed by atoms with Crippen molar-refractivity contribution in [3.05, 3.63) is 40.4 Å². The molecule has 2 aromatic rings. The van der Waals surface area contributed by atoms with Crippen molar-refractivity contribution >= 4 is 28.8 Å². The molecule has 1 atom stereocenters. The summed E-state index contributed by atoms with van der Waals surface area (Å²) in [6, 6.07) is 7.53. The van der Waals surface area contributed by atoms with Gasteiger partial charge in [0.05, 0.1) is 5.02 Å². The average molecular weight is 336 g/mol. The first-order valence-corrected chi connectivity index (χ1v) is 8.69. The molecule has 1 aliphatic rings. The highest BCUT2D eigenvalue weighted by atomic mass is 35.5. The van der Waals surface area contributed by atoms with Gasteiger partial charge in [0.15, 0.2) is 0 Å². The van der Waals surface area contributed by atoms with E-state index in [1.165, 1.54) is 17.8 Å². The number of nitrogens with one attached hydrogen (secondary N) is 2. The van der Waals surface area contributed by atoms with Crippen molar-refractivity contribution in [1.29, 1.82) is 0 Å². The van der Waals surface area contributed by atoms with Crippen LogP contribution in [0.4, 0.5) is 0 Å². The number of hydrogen-bond acceptors (Lipinski definition) is 4. The number of benzene rings is 1. The summed E-state index contributed by atoms with van der Waals surface area (Å²) < 4.78 is 0. The third-order valence-electron chi connectivity index (χ3n) is 3.84. The normalized spacial score (nSPS) is 17.6. The number of carbonyl (C=O) groups is 1. The van der Waals surface area contributed by atoms with Gasteiger partial charge in [-0.05, 0) is 37.9 Å². The molecule has 22 heavy (non-hydrogen) atoms. The SMILES string of the molecule is O=C(NCCC1CCNC1)c1csc(-c2ccccc2Cl)n1. The molecule has 4 nitrogen and oxygen atoms in total. The van der Waals surface area contributed by atoms with E-state index in [1.54, 1.807) is 5.38 Å². The molecule has 0 bridgehead atoms. The smallest absolute Gasteiger partial charge is 0.270 e. The molecule has 1 aliphatic heterocycles. The second-order valence-electron chi connectivity index (χ2n) is 5.42. The van der Waals surface area contributed by atoms with Gasteiger partial charge in [-0.2, -0.15) is 0 Å². The number of thiazole rings is 1. The minimum Gasteiger partial charge on any atom is -0.351 e. The van der Waals surface area contributed by atoms with Crippen LogP contribution in [0, 0.1) is 5.92 Å². The molecule has 0 spiro atoms. The largest absolute Gasteiger partial charge is 0.351 e. The van der Waals surface area contributed by atoms with Crippen LogP contribution in [0.5, 0.6) is 0 Å². The first kappa shape index (κ1) is 15.5. The van der Waals surface area contributed by atoms with Crippen molar-refractivity contribution in [3.8, 4) is 10.6 Å². The highest BCUT2D eigenvalue weighted by molar-refractivity contribution is 7.13. The molecular weight excluding hydrogens is 318 g/mol. The molecule has 2 N–H and O–H groups in total. The van der Waals surface area contributed by atoms with Gasteiger partial charge in [0.2, 0.25) is 0 Å². The van der Waals surface area contributed by atoms with Gasteiger partial charge >= 0.3 is 0 Å². The fraction of sp³-hybridized carbons (Fsp3) is 0.375. The average Bonchev–Trinajstić information content (AvgIpc) is 3.19. The summed E-state index contributed by atoms with van der Waals surface area (Å²) in [7, 11) is 0. The van der Waals surface area contributed by atoms with Gasteiger partial charge in [0.25, 0.3) is 5.91 Å². The van der Waals surface area contributed by atoms with E-state index in [4.69, 9.17) is 11.6 Å². The van der Waals surface area contributed by atoms with Crippen LogP contribution in [0.1, 0.15) is 23.3 Å². The predicted molar refractivity (Wildman–Crippen MR) is 90.5 cm³/mol. The van der Waals surface area contributed by atoms with Gasteiger partial charge in [0.1, 0.15) is 10.7 Å². The van der Waals surface area contributed by atoms with Crippen LogP contribution in [-0.2, 0) is 0 Å². The number of amides is 1. The molecule has 1 amide bonds. The van der Waals surface area contributed by atoms with Crippen molar-refractivity contribution < 1.29 is 4.79 Å². The number of carbonyl (C=O) groups excluding carboxylic acids is 1. The molecular formula is C16H18ClN3OS. The van der Waals surface area contributed by atoms with Gasteiger partial charge in [-0.25, -0.2) is 4.98 Å². The standard InChI is InChI=1S/C16H18ClN3OS/c17-13-4-2-1-3-12(13)16-20-14(10-22-16)15(21)19-8-6-11-5-7-18-9-11/h1-4,10-11,18H,5-9H2,(H,19,21). The van der Waals surface area contributed by atoms with Crippen LogP contribution in [0.25, 0.3) is 10.6 Å². The fourth-order valence-electron chi connectivity index (χ4n) is 2.58. The second-order valence-corrected chi connectivity index (χ2v) is 6.69. The van der Waals surface area contributed by atoms with E-state index in [2.05, 4.69) is 15.6 Å². The molecule has 116 valence electrons. The summed E-state index contributed by atoms with van der Waals surface area (Å²) in [6.07, 6.45) is 2.21. The summed E-state index contributed by atoms with van der Waals surface area (Å²) in [6.45, 7) is 2.85. The van der Waals surface area contributed by atoms with Gasteiger partial charge in [-0.15, -0.1) is 11.3 Å². The minimum atomic E-state index is -0.111. The molecule has 0 aliphatic carbocycles. The summed E-state index contributed by atoms with van der Waals surface area (Å²) >= 11 is 7.60. The third kappa shape index (κ3) is 3.66. The number of hydrogen-bond donors (Lipinski definition) is 2. The highest BCUT2D eigenvalue weighted by Gasteiger charge is 2.16. The van der Waals surface area contributed by atoms with E-state index in [0.29, 0.717) is 23.2 Å². The van der Waals surface area contributed by atoms with E-state index in [9.17, 15) is 4.79 Å². The highest BCUT2D eigenvalue weighted by Crippen LogP contribution is 2.30. The number of rotatable bonds is 5. The molecule has 3 rings (SSSR count). The first-order valence-electron chi connectivity index (χ1n) is 7.43. The Morgan fingerprint density at radius 2 is 2.32 bits per heavy atom. The second kappa shape index (κ2) is 7.22. The van der Waals surface area contributed by atoms with Crippen LogP contribution in [0.2, 0.25) is 5.02 Å². The Morgan fingerprint density at radius 3 is 3.09 bits per heavy atom. The summed E-state index contributed by atoms with van der Waals surface area (Å²) in [4.78, 5) is 16.5. The molecule has 1 unspecified atom stereocenters. The van der Waals surface area contributed by atoms with Crippen LogP contribution in [0.15, 0.2) is 29.6 Å². The van der Waals surface area contributed by atoms with Crippen molar-refractivity contribution in [1.82, 2.24) is 15.6 Å². The Morgan fingerprint density at radius 1 is 1.45 bits per heavy atom. The van der Waals surface area contributed by atoms with Gasteiger partial charge < -0.3 is 10.6 Å². The molecule has 1 aromatic heterocycles. The Hall–Kier alpha value is -1.43. The fourth-order valence-corrected chi connectivity index (χ4v) is 3.70. The Labute approximate surface area is 138 Å². The van der Waals surface area contributed by atoms with Crippen LogP contribution >= 0.6 is 22.9 Å². The lowest BCUT2D eigenvalue weighted by Crippen LogP contribution is -2.26. The third-order valence-corrected chi connectivity index (χ3v) is 5.05. The Bertz CT molecular complexity index is 652. The minimum absolute atomic E-state index is 0.111. The number of aromatic nitrogens is 1. The van der Waals surface area contributed by atoms with Crippen molar-refractivity contribution in [2.45, 2.75) is 12.8 Å². The molecule has 1 aromatic carbocycles.